The number of aromatic amines is 1. The van der Waals surface area contributed by atoms with E-state index in [4.69, 9.17) is 11.5 Å². The molecule has 0 atom stereocenters. The van der Waals surface area contributed by atoms with Crippen molar-refractivity contribution in [3.8, 4) is 11.4 Å². The molecule has 5 N–H and O–H groups in total. The Morgan fingerprint density at radius 1 is 1.22 bits per heavy atom. The summed E-state index contributed by atoms with van der Waals surface area (Å²) in [6.07, 6.45) is -1.93. The summed E-state index contributed by atoms with van der Waals surface area (Å²) < 4.78 is 39.3. The first-order valence-electron chi connectivity index (χ1n) is 5.64. The lowest BCUT2D eigenvalue weighted by Gasteiger charge is -2.12. The number of alkyl halides is 3. The zero-order chi connectivity index (χ0) is 15.6. The molecule has 0 saturated heterocycles. The molecule has 0 aliphatic rings. The van der Waals surface area contributed by atoms with E-state index in [-0.39, 0.29) is 41.8 Å². The van der Waals surface area contributed by atoms with Crippen LogP contribution < -0.4 is 11.5 Å². The number of aromatic nitrogens is 2. The molecular formula is C12H12Cl2F3N5O. The highest BCUT2D eigenvalue weighted by atomic mass is 35.5. The van der Waals surface area contributed by atoms with Gasteiger partial charge in [0, 0.05) is 23.5 Å². The highest BCUT2D eigenvalue weighted by Crippen LogP contribution is 2.36. The van der Waals surface area contributed by atoms with Crippen molar-refractivity contribution in [2.24, 2.45) is 16.5 Å². The number of carbonyl (C=O) groups excluding carboxylic acids is 1. The van der Waals surface area contributed by atoms with E-state index in [1.54, 1.807) is 0 Å². The minimum absolute atomic E-state index is 0. The van der Waals surface area contributed by atoms with Gasteiger partial charge in [-0.05, 0) is 18.2 Å². The van der Waals surface area contributed by atoms with Gasteiger partial charge in [-0.3, -0.25) is 4.79 Å². The van der Waals surface area contributed by atoms with E-state index in [0.717, 1.165) is 6.07 Å². The molecule has 2 rings (SSSR count). The molecule has 1 amide bonds. The maximum atomic E-state index is 13.1. The summed E-state index contributed by atoms with van der Waals surface area (Å²) >= 11 is 0. The second-order valence-corrected chi connectivity index (χ2v) is 4.04. The van der Waals surface area contributed by atoms with Gasteiger partial charge in [0.1, 0.15) is 5.82 Å². The number of nitrogens with one attached hydrogen (secondary N) is 1. The van der Waals surface area contributed by atoms with Gasteiger partial charge in [-0.2, -0.15) is 18.2 Å². The molecule has 1 aromatic carbocycles. The number of aliphatic imine (C=N–C) groups is 1. The van der Waals surface area contributed by atoms with Crippen molar-refractivity contribution in [1.82, 2.24) is 9.97 Å². The lowest BCUT2D eigenvalue weighted by Crippen LogP contribution is -2.24. The van der Waals surface area contributed by atoms with E-state index in [1.807, 2.05) is 0 Å². The molecule has 11 heteroatoms. The number of guanidine groups is 1. The highest BCUT2D eigenvalue weighted by molar-refractivity contribution is 6.02. The molecule has 0 radical (unpaired) electrons. The van der Waals surface area contributed by atoms with Crippen LogP contribution in [0.1, 0.15) is 15.9 Å². The first-order valence-corrected chi connectivity index (χ1v) is 5.64. The van der Waals surface area contributed by atoms with Gasteiger partial charge in [0.2, 0.25) is 0 Å². The molecule has 1 aromatic heterocycles. The van der Waals surface area contributed by atoms with E-state index < -0.39 is 23.6 Å². The lowest BCUT2D eigenvalue weighted by atomic mass is 10.0. The fourth-order valence-electron chi connectivity index (χ4n) is 1.71. The maximum absolute atomic E-state index is 13.1. The number of H-pyrrole nitrogens is 1. The number of amides is 1. The first-order chi connectivity index (χ1) is 9.79. The van der Waals surface area contributed by atoms with Gasteiger partial charge in [-0.15, -0.1) is 24.8 Å². The molecule has 0 spiro atoms. The third-order valence-corrected chi connectivity index (χ3v) is 2.56. The molecule has 0 fully saturated rings. The number of halogens is 5. The monoisotopic (exact) mass is 369 g/mol. The fourth-order valence-corrected chi connectivity index (χ4v) is 1.71. The van der Waals surface area contributed by atoms with Crippen LogP contribution in [0.25, 0.3) is 11.4 Å². The summed E-state index contributed by atoms with van der Waals surface area (Å²) in [4.78, 5) is 21.2. The summed E-state index contributed by atoms with van der Waals surface area (Å²) in [5.74, 6) is -1.43. The highest BCUT2D eigenvalue weighted by Gasteiger charge is 2.35. The van der Waals surface area contributed by atoms with Crippen LogP contribution in [0.15, 0.2) is 35.6 Å². The number of imidazole rings is 1. The smallest absolute Gasteiger partial charge is 0.370 e. The molecule has 2 aromatic rings. The summed E-state index contributed by atoms with van der Waals surface area (Å²) in [6, 6.07) is 3.02. The molecule has 0 unspecified atom stereocenters. The summed E-state index contributed by atoms with van der Waals surface area (Å²) in [5.41, 5.74) is 8.61. The number of nitrogens with two attached hydrogens (primary N) is 2. The maximum Gasteiger partial charge on any atom is 0.417 e. The van der Waals surface area contributed by atoms with Gasteiger partial charge in [0.05, 0.1) is 5.56 Å². The van der Waals surface area contributed by atoms with Crippen molar-refractivity contribution in [2.75, 3.05) is 0 Å². The molecule has 0 bridgehead atoms. The molecule has 0 saturated carbocycles. The molecule has 6 nitrogen and oxygen atoms in total. The van der Waals surface area contributed by atoms with Gasteiger partial charge in [0.25, 0.3) is 5.91 Å². The van der Waals surface area contributed by atoms with E-state index >= 15 is 0 Å². The zero-order valence-electron chi connectivity index (χ0n) is 11.3. The molecule has 0 aliphatic heterocycles. The third-order valence-electron chi connectivity index (χ3n) is 2.56. The predicted molar refractivity (Wildman–Crippen MR) is 83.7 cm³/mol. The largest absolute Gasteiger partial charge is 0.417 e. The van der Waals surface area contributed by atoms with Gasteiger partial charge >= 0.3 is 6.18 Å². The summed E-state index contributed by atoms with van der Waals surface area (Å²) in [7, 11) is 0. The minimum Gasteiger partial charge on any atom is -0.370 e. The van der Waals surface area contributed by atoms with Gasteiger partial charge in [-0.1, -0.05) is 0 Å². The Morgan fingerprint density at radius 2 is 1.87 bits per heavy atom. The van der Waals surface area contributed by atoms with Crippen molar-refractivity contribution < 1.29 is 18.0 Å². The fraction of sp³-hybridized carbons (Fsp3) is 0.0833. The number of rotatable bonds is 2. The second-order valence-electron chi connectivity index (χ2n) is 4.04. The average molecular weight is 370 g/mol. The molecule has 23 heavy (non-hydrogen) atoms. The van der Waals surface area contributed by atoms with Crippen LogP contribution in [0.2, 0.25) is 0 Å². The van der Waals surface area contributed by atoms with Crippen molar-refractivity contribution >= 4 is 36.7 Å². The van der Waals surface area contributed by atoms with Crippen molar-refractivity contribution in [3.05, 3.63) is 41.7 Å². The number of benzene rings is 1. The first kappa shape index (κ1) is 20.7. The Labute approximate surface area is 141 Å². The topological polar surface area (TPSA) is 110 Å². The standard InChI is InChI=1S/C12H10F3N5O.2ClH/c13-12(14,15)8-5-6(10(21)20-11(16)17)1-2-7(8)9-18-3-4-19-9;;/h1-5H,(H,18,19)(H4,16,17,20,21);2*1H. The quantitative estimate of drug-likeness (QED) is 0.557. The Hall–Kier alpha value is -2.26. The van der Waals surface area contributed by atoms with E-state index in [9.17, 15) is 18.0 Å². The van der Waals surface area contributed by atoms with Gasteiger partial charge < -0.3 is 16.5 Å². The number of nitrogens with zero attached hydrogens (tertiary/aromatic N) is 2. The van der Waals surface area contributed by atoms with E-state index in [1.165, 1.54) is 18.5 Å². The van der Waals surface area contributed by atoms with Crippen LogP contribution >= 0.6 is 24.8 Å². The Bertz CT molecular complexity index is 697. The van der Waals surface area contributed by atoms with E-state index in [0.29, 0.717) is 6.07 Å². The zero-order valence-corrected chi connectivity index (χ0v) is 12.9. The lowest BCUT2D eigenvalue weighted by molar-refractivity contribution is -0.137. The van der Waals surface area contributed by atoms with Crippen LogP contribution in [-0.2, 0) is 6.18 Å². The number of carbonyl (C=O) groups is 1. The van der Waals surface area contributed by atoms with Crippen molar-refractivity contribution in [2.45, 2.75) is 6.18 Å². The van der Waals surface area contributed by atoms with E-state index in [2.05, 4.69) is 15.0 Å². The van der Waals surface area contributed by atoms with Gasteiger partial charge in [-0.25, -0.2) is 4.98 Å². The van der Waals surface area contributed by atoms with Crippen LogP contribution in [0.5, 0.6) is 0 Å². The Morgan fingerprint density at radius 3 is 2.35 bits per heavy atom. The third kappa shape index (κ3) is 4.86. The predicted octanol–water partition coefficient (Wildman–Crippen LogP) is 2.35. The second kappa shape index (κ2) is 7.84. The van der Waals surface area contributed by atoms with Gasteiger partial charge in [0.15, 0.2) is 5.96 Å². The number of hydrogen-bond acceptors (Lipinski definition) is 2. The number of hydrogen-bond donors (Lipinski definition) is 3. The molecular weight excluding hydrogens is 358 g/mol. The SMILES string of the molecule is Cl.Cl.NC(N)=NC(=O)c1ccc(-c2ncc[nH]2)c(C(F)(F)F)c1. The normalized spacial score (nSPS) is 10.2. The van der Waals surface area contributed by atoms with Crippen LogP contribution in [0.3, 0.4) is 0 Å². The summed E-state index contributed by atoms with van der Waals surface area (Å²) in [5, 5.41) is 0. The van der Waals surface area contributed by atoms with Crippen molar-refractivity contribution in [3.63, 3.8) is 0 Å². The van der Waals surface area contributed by atoms with Crippen LogP contribution in [-0.4, -0.2) is 21.8 Å². The van der Waals surface area contributed by atoms with Crippen LogP contribution in [0.4, 0.5) is 13.2 Å². The summed E-state index contributed by atoms with van der Waals surface area (Å²) in [6.45, 7) is 0. The minimum atomic E-state index is -4.66. The van der Waals surface area contributed by atoms with Crippen molar-refractivity contribution in [1.29, 1.82) is 0 Å². The molecule has 0 aliphatic carbocycles. The Kier molecular flexibility index (Phi) is 7.07. The molecule has 126 valence electrons. The molecule has 1 heterocycles. The average Bonchev–Trinajstić information content (AvgIpc) is 2.89. The van der Waals surface area contributed by atoms with Crippen LogP contribution in [0, 0.1) is 0 Å². The Balaban J connectivity index is 0.00000242.